The third kappa shape index (κ3) is 10.3. The summed E-state index contributed by atoms with van der Waals surface area (Å²) in [4.78, 5) is 34.3. The van der Waals surface area contributed by atoms with Crippen LogP contribution in [0.2, 0.25) is 0 Å². The first-order valence-electron chi connectivity index (χ1n) is 15.4. The number of carbonyl (C=O) groups is 3. The summed E-state index contributed by atoms with van der Waals surface area (Å²) >= 11 is 0. The Hall–Kier alpha value is -4.31. The van der Waals surface area contributed by atoms with Crippen molar-refractivity contribution in [2.45, 2.75) is 63.0 Å². The fraction of sp³-hybridized carbons (Fsp3) is 0.485. The highest BCUT2D eigenvalue weighted by Gasteiger charge is 2.39. The number of aromatic carboxylic acids is 1. The molecule has 1 aromatic heterocycles. The fourth-order valence-corrected chi connectivity index (χ4v) is 5.84. The average molecular weight is 704 g/mol. The van der Waals surface area contributed by atoms with Crippen LogP contribution in [-0.2, 0) is 16.1 Å². The Labute approximate surface area is 278 Å². The molecule has 2 aliphatic rings. The minimum Gasteiger partial charge on any atom is -0.491 e. The van der Waals surface area contributed by atoms with Gasteiger partial charge < -0.3 is 29.5 Å². The van der Waals surface area contributed by atoms with Gasteiger partial charge in [0, 0.05) is 36.1 Å². The van der Waals surface area contributed by atoms with E-state index in [0.29, 0.717) is 18.1 Å². The van der Waals surface area contributed by atoms with Crippen molar-refractivity contribution in [1.29, 1.82) is 0 Å². The van der Waals surface area contributed by atoms with Crippen LogP contribution < -0.4 is 4.74 Å². The molecule has 0 amide bonds. The van der Waals surface area contributed by atoms with Crippen molar-refractivity contribution in [3.05, 3.63) is 53.6 Å². The minimum atomic E-state index is -5.08. The summed E-state index contributed by atoms with van der Waals surface area (Å²) in [5.41, 5.74) is 5.09. The van der Waals surface area contributed by atoms with Crippen LogP contribution >= 0.6 is 0 Å². The Kier molecular flexibility index (Phi) is 13.1. The van der Waals surface area contributed by atoms with Crippen molar-refractivity contribution in [1.82, 2.24) is 14.4 Å². The molecule has 2 heterocycles. The van der Waals surface area contributed by atoms with Crippen LogP contribution in [0.15, 0.2) is 42.5 Å². The highest BCUT2D eigenvalue weighted by molar-refractivity contribution is 5.98. The number of rotatable bonds is 6. The second-order valence-electron chi connectivity index (χ2n) is 12.1. The van der Waals surface area contributed by atoms with E-state index in [0.717, 1.165) is 36.5 Å². The van der Waals surface area contributed by atoms with Crippen LogP contribution in [0.4, 0.5) is 26.3 Å². The summed E-state index contributed by atoms with van der Waals surface area (Å²) in [6.45, 7) is 3.27. The number of fused-ring (bicyclic) bond motifs is 5. The zero-order valence-corrected chi connectivity index (χ0v) is 27.1. The molecule has 1 aliphatic heterocycles. The fourth-order valence-electron chi connectivity index (χ4n) is 5.84. The minimum absolute atomic E-state index is 0.172. The van der Waals surface area contributed by atoms with E-state index in [4.69, 9.17) is 24.5 Å². The Balaban J connectivity index is 0.000000392. The summed E-state index contributed by atoms with van der Waals surface area (Å²) in [5, 5.41) is 25.2. The van der Waals surface area contributed by atoms with Gasteiger partial charge in [-0.3, -0.25) is 4.90 Å². The number of carboxylic acid groups (broad SMARTS) is 3. The van der Waals surface area contributed by atoms with Gasteiger partial charge in [-0.2, -0.15) is 26.3 Å². The van der Waals surface area contributed by atoms with E-state index in [9.17, 15) is 36.2 Å². The number of aromatic nitrogens is 1. The van der Waals surface area contributed by atoms with Crippen LogP contribution in [0, 0.1) is 0 Å². The normalized spacial score (nSPS) is 16.6. The molecule has 49 heavy (non-hydrogen) atoms. The molecule has 10 nitrogen and oxygen atoms in total. The quantitative estimate of drug-likeness (QED) is 0.244. The molecule has 1 unspecified atom stereocenters. The Morgan fingerprint density at radius 3 is 1.96 bits per heavy atom. The van der Waals surface area contributed by atoms with Gasteiger partial charge in [-0.1, -0.05) is 37.5 Å². The van der Waals surface area contributed by atoms with Crippen molar-refractivity contribution in [3.63, 3.8) is 0 Å². The molecular formula is C33H39F6N3O7. The van der Waals surface area contributed by atoms with Gasteiger partial charge in [0.1, 0.15) is 12.4 Å². The molecule has 3 aromatic rings. The van der Waals surface area contributed by atoms with E-state index < -0.39 is 30.3 Å². The number of aliphatic carboxylic acids is 2. The molecule has 0 spiro atoms. The number of carboxylic acids is 3. The molecule has 0 radical (unpaired) electrons. The summed E-state index contributed by atoms with van der Waals surface area (Å²) < 4.78 is 72.3. The first-order chi connectivity index (χ1) is 22.8. The Morgan fingerprint density at radius 2 is 1.43 bits per heavy atom. The molecule has 1 fully saturated rings. The monoisotopic (exact) mass is 703 g/mol. The van der Waals surface area contributed by atoms with E-state index in [2.05, 4.69) is 59.8 Å². The summed E-state index contributed by atoms with van der Waals surface area (Å²) in [6, 6.07) is 14.2. The maximum absolute atomic E-state index is 11.9. The highest BCUT2D eigenvalue weighted by Crippen LogP contribution is 2.47. The van der Waals surface area contributed by atoms with Crippen molar-refractivity contribution in [2.75, 3.05) is 40.8 Å². The molecule has 0 bridgehead atoms. The second-order valence-corrected chi connectivity index (χ2v) is 12.1. The van der Waals surface area contributed by atoms with Crippen LogP contribution in [0.5, 0.6) is 5.75 Å². The van der Waals surface area contributed by atoms with Crippen molar-refractivity contribution < 1.29 is 60.8 Å². The molecule has 0 saturated heterocycles. The van der Waals surface area contributed by atoms with Crippen LogP contribution in [0.25, 0.3) is 22.2 Å². The molecular weight excluding hydrogens is 664 g/mol. The second kappa shape index (κ2) is 16.4. The number of ether oxygens (including phenoxy) is 1. The van der Waals surface area contributed by atoms with Crippen molar-refractivity contribution in [2.24, 2.45) is 0 Å². The number of nitrogens with zero attached hydrogens (tertiary/aromatic N) is 3. The van der Waals surface area contributed by atoms with Gasteiger partial charge in [-0.15, -0.1) is 0 Å². The topological polar surface area (TPSA) is 133 Å². The maximum atomic E-state index is 11.9. The lowest BCUT2D eigenvalue weighted by Crippen LogP contribution is -2.43. The zero-order chi connectivity index (χ0) is 36.7. The Morgan fingerprint density at radius 1 is 0.857 bits per heavy atom. The van der Waals surface area contributed by atoms with Crippen molar-refractivity contribution >= 4 is 28.8 Å². The number of hydrogen-bond donors (Lipinski definition) is 3. The van der Waals surface area contributed by atoms with E-state index >= 15 is 0 Å². The van der Waals surface area contributed by atoms with E-state index in [1.807, 2.05) is 12.1 Å². The number of hydrogen-bond acceptors (Lipinski definition) is 6. The first-order valence-corrected chi connectivity index (χ1v) is 15.4. The smallest absolute Gasteiger partial charge is 0.490 e. The number of likely N-dealkylation sites (N-methyl/N-ethyl adjacent to an activating group) is 2. The lowest BCUT2D eigenvalue weighted by atomic mass is 9.81. The van der Waals surface area contributed by atoms with E-state index in [1.165, 1.54) is 48.7 Å². The lowest BCUT2D eigenvalue weighted by molar-refractivity contribution is -0.193. The van der Waals surface area contributed by atoms with Crippen LogP contribution in [0.1, 0.15) is 53.9 Å². The molecule has 16 heteroatoms. The SMILES string of the molecule is CN(C)CCN(C)C1COc2ccccc2-c2c(C3CCCCC3)c3ccc(C(=O)O)cc3n2C1.O=C(O)C(F)(F)F.O=C(O)C(F)(F)F. The molecule has 5 rings (SSSR count). The molecule has 1 saturated carbocycles. The third-order valence-corrected chi connectivity index (χ3v) is 8.34. The summed E-state index contributed by atoms with van der Waals surface area (Å²) in [7, 11) is 6.36. The molecule has 1 aliphatic carbocycles. The number of benzene rings is 2. The lowest BCUT2D eigenvalue weighted by Gasteiger charge is -2.33. The predicted molar refractivity (Wildman–Crippen MR) is 168 cm³/mol. The number of halogens is 6. The predicted octanol–water partition coefficient (Wildman–Crippen LogP) is 6.58. The van der Waals surface area contributed by atoms with Gasteiger partial charge in [0.05, 0.1) is 17.3 Å². The number of para-hydroxylation sites is 1. The molecule has 1 atom stereocenters. The van der Waals surface area contributed by atoms with Gasteiger partial charge in [0.25, 0.3) is 0 Å². The highest BCUT2D eigenvalue weighted by atomic mass is 19.4. The Bertz CT molecular complexity index is 1590. The molecule has 2 aromatic carbocycles. The third-order valence-electron chi connectivity index (χ3n) is 8.34. The standard InChI is InChI=1S/C29H37N3O3.2C2HF3O2/c1-30(2)15-16-31(3)22-18-32-25-17-21(29(33)34)13-14-23(25)27(20-9-5-4-6-10-20)28(32)24-11-7-8-12-26(24)35-19-22;2*3-2(4,5)1(6)7/h7-8,11-14,17,20,22H,4-6,9-10,15-16,18-19H2,1-3H3,(H,33,34);2*(H,6,7). The molecule has 3 N–H and O–H groups in total. The zero-order valence-electron chi connectivity index (χ0n) is 27.1. The van der Waals surface area contributed by atoms with Gasteiger partial charge >= 0.3 is 30.3 Å². The van der Waals surface area contributed by atoms with Crippen LogP contribution in [0.3, 0.4) is 0 Å². The van der Waals surface area contributed by atoms with Gasteiger partial charge in [-0.25, -0.2) is 14.4 Å². The van der Waals surface area contributed by atoms with Gasteiger partial charge in [0.2, 0.25) is 0 Å². The van der Waals surface area contributed by atoms with E-state index in [1.54, 1.807) is 6.07 Å². The largest absolute Gasteiger partial charge is 0.491 e. The average Bonchev–Trinajstić information content (AvgIpc) is 3.33. The van der Waals surface area contributed by atoms with E-state index in [-0.39, 0.29) is 6.04 Å². The van der Waals surface area contributed by atoms with Crippen LogP contribution in [-0.4, -0.2) is 107 Å². The summed E-state index contributed by atoms with van der Waals surface area (Å²) in [6.07, 6.45) is -4.01. The van der Waals surface area contributed by atoms with Gasteiger partial charge in [-0.05, 0) is 69.7 Å². The first kappa shape index (κ1) is 39.1. The van der Waals surface area contributed by atoms with Gasteiger partial charge in [0.15, 0.2) is 0 Å². The summed E-state index contributed by atoms with van der Waals surface area (Å²) in [5.74, 6) is -5.00. The molecule has 270 valence electrons. The van der Waals surface area contributed by atoms with Crippen molar-refractivity contribution in [3.8, 4) is 17.0 Å². The number of alkyl halides is 6. The maximum Gasteiger partial charge on any atom is 0.490 e.